The molecule has 0 radical (unpaired) electrons. The molecule has 4 aliphatic rings. The van der Waals surface area contributed by atoms with E-state index in [0.717, 1.165) is 55.7 Å². The Morgan fingerprint density at radius 3 is 1.16 bits per heavy atom. The molecule has 0 bridgehead atoms. The summed E-state index contributed by atoms with van der Waals surface area (Å²) < 4.78 is 0. The minimum absolute atomic E-state index is 0.0514. The van der Waals surface area contributed by atoms with Gasteiger partial charge in [-0.25, -0.2) is 0 Å². The summed E-state index contributed by atoms with van der Waals surface area (Å²) in [5, 5.41) is 0. The lowest BCUT2D eigenvalue weighted by Crippen LogP contribution is -2.27. The maximum absolute atomic E-state index is 14.6. The van der Waals surface area contributed by atoms with Crippen molar-refractivity contribution in [3.05, 3.63) is 200 Å². The third kappa shape index (κ3) is 3.77. The van der Waals surface area contributed by atoms with Crippen molar-refractivity contribution in [1.82, 2.24) is 0 Å². The molecule has 0 aliphatic heterocycles. The van der Waals surface area contributed by atoms with Crippen molar-refractivity contribution in [2.75, 3.05) is 0 Å². The smallest absolute Gasteiger partial charge is 0.189 e. The number of rotatable bonds is 4. The van der Waals surface area contributed by atoms with Gasteiger partial charge in [0.05, 0.1) is 5.41 Å². The second-order valence-electron chi connectivity index (χ2n) is 15.6. The Morgan fingerprint density at radius 2 is 0.745 bits per heavy atom. The molecule has 0 N–H and O–H groups in total. The lowest BCUT2D eigenvalue weighted by molar-refractivity contribution is 0.101. The van der Waals surface area contributed by atoms with Crippen molar-refractivity contribution in [3.8, 4) is 22.3 Å². The molecule has 2 nitrogen and oxygen atoms in total. The van der Waals surface area contributed by atoms with E-state index in [9.17, 15) is 9.59 Å². The zero-order valence-corrected chi connectivity index (χ0v) is 29.2. The molecule has 0 saturated carbocycles. The largest absolute Gasteiger partial charge is 0.289 e. The van der Waals surface area contributed by atoms with Crippen LogP contribution >= 0.6 is 0 Å². The summed E-state index contributed by atoms with van der Waals surface area (Å²) in [7, 11) is 0. The normalized spacial score (nSPS) is 17.1. The van der Waals surface area contributed by atoms with Crippen LogP contribution in [0.5, 0.6) is 0 Å². The molecule has 0 atom stereocenters. The summed E-state index contributed by atoms with van der Waals surface area (Å²) in [5.41, 5.74) is 15.2. The zero-order valence-electron chi connectivity index (χ0n) is 29.2. The molecular formula is C49H36O2. The van der Waals surface area contributed by atoms with Crippen LogP contribution in [0.3, 0.4) is 0 Å². The van der Waals surface area contributed by atoms with Crippen molar-refractivity contribution in [3.63, 3.8) is 0 Å². The Kier molecular flexibility index (Phi) is 5.95. The van der Waals surface area contributed by atoms with Gasteiger partial charge in [-0.1, -0.05) is 149 Å². The molecule has 4 aliphatic carbocycles. The van der Waals surface area contributed by atoms with E-state index in [1.54, 1.807) is 0 Å². The van der Waals surface area contributed by atoms with Gasteiger partial charge in [0.15, 0.2) is 11.6 Å². The van der Waals surface area contributed by atoms with E-state index in [1.807, 2.05) is 24.3 Å². The van der Waals surface area contributed by atoms with E-state index in [4.69, 9.17) is 0 Å². The summed E-state index contributed by atoms with van der Waals surface area (Å²) in [4.78, 5) is 29.2. The van der Waals surface area contributed by atoms with Crippen molar-refractivity contribution in [2.24, 2.45) is 0 Å². The average Bonchev–Trinajstić information content (AvgIpc) is 3.81. The lowest BCUT2D eigenvalue weighted by Gasteiger charge is -2.31. The fraction of sp³-hybridized carbons (Fsp3) is 0.143. The maximum Gasteiger partial charge on any atom is 0.189 e. The molecule has 0 heterocycles. The van der Waals surface area contributed by atoms with Gasteiger partial charge in [-0.05, 0) is 91.0 Å². The highest BCUT2D eigenvalue weighted by Gasteiger charge is 2.52. The van der Waals surface area contributed by atoms with Crippen molar-refractivity contribution >= 4 is 23.7 Å². The Labute approximate surface area is 298 Å². The molecule has 51 heavy (non-hydrogen) atoms. The SMILES string of the molecule is CC1(C)C(C(=O)c2ccc3c(c2)C2(c4ccccc4-3)c3ccccc3-c3ccc(C(=O)C4=Cc5ccccc5C4(C)C)cc32)=Cc2ccccc21. The van der Waals surface area contributed by atoms with Gasteiger partial charge in [0.2, 0.25) is 0 Å². The van der Waals surface area contributed by atoms with E-state index in [0.29, 0.717) is 11.1 Å². The van der Waals surface area contributed by atoms with Gasteiger partial charge in [0, 0.05) is 33.1 Å². The summed E-state index contributed by atoms with van der Waals surface area (Å²) >= 11 is 0. The van der Waals surface area contributed by atoms with Gasteiger partial charge in [0.25, 0.3) is 0 Å². The molecule has 1 spiro atoms. The number of hydrogen-bond donors (Lipinski definition) is 0. The van der Waals surface area contributed by atoms with E-state index >= 15 is 0 Å². The quantitative estimate of drug-likeness (QED) is 0.177. The number of carbonyl (C=O) groups is 2. The summed E-state index contributed by atoms with van der Waals surface area (Å²) in [6, 6.07) is 46.5. The van der Waals surface area contributed by atoms with Gasteiger partial charge in [0.1, 0.15) is 0 Å². The molecule has 2 heteroatoms. The average molecular weight is 657 g/mol. The monoisotopic (exact) mass is 656 g/mol. The molecule has 0 fully saturated rings. The minimum atomic E-state index is -0.685. The van der Waals surface area contributed by atoms with Crippen LogP contribution in [0, 0.1) is 0 Å². The standard InChI is InChI=1S/C49H36O2/c1-47(2)37-17-9-5-13-29(37)25-43(47)45(50)31-21-23-35-33-15-7-11-19-39(33)49(41(35)27-31)40-20-12-8-16-34(40)36-24-22-32(28-42(36)49)46(51)44-26-30-14-6-10-18-38(30)48(44,3)4/h5-28H,1-4H3. The fourth-order valence-electron chi connectivity index (χ4n) is 9.78. The third-order valence-corrected chi connectivity index (χ3v) is 12.3. The second-order valence-corrected chi connectivity index (χ2v) is 15.6. The van der Waals surface area contributed by atoms with Gasteiger partial charge in [-0.15, -0.1) is 0 Å². The first-order valence-corrected chi connectivity index (χ1v) is 17.8. The first-order chi connectivity index (χ1) is 24.6. The second kappa shape index (κ2) is 10.1. The topological polar surface area (TPSA) is 34.1 Å². The molecule has 6 aromatic rings. The first kappa shape index (κ1) is 30.0. The number of carbonyl (C=O) groups excluding carboxylic acids is 2. The number of Topliss-reactive ketones (excluding diaryl/α,β-unsaturated/α-hetero) is 2. The van der Waals surface area contributed by atoms with Crippen LogP contribution in [0.4, 0.5) is 0 Å². The highest BCUT2D eigenvalue weighted by molar-refractivity contribution is 6.16. The van der Waals surface area contributed by atoms with Crippen LogP contribution in [-0.2, 0) is 16.2 Å². The van der Waals surface area contributed by atoms with Crippen molar-refractivity contribution in [1.29, 1.82) is 0 Å². The molecule has 6 aromatic carbocycles. The maximum atomic E-state index is 14.6. The van der Waals surface area contributed by atoms with E-state index in [-0.39, 0.29) is 11.6 Å². The van der Waals surface area contributed by atoms with Crippen LogP contribution in [0.25, 0.3) is 34.4 Å². The summed E-state index contributed by atoms with van der Waals surface area (Å²) in [5.74, 6) is 0.103. The van der Waals surface area contributed by atoms with Crippen LogP contribution in [0.1, 0.15) is 92.9 Å². The Balaban J connectivity index is 1.18. The van der Waals surface area contributed by atoms with Crippen LogP contribution in [0.15, 0.2) is 145 Å². The molecular weight excluding hydrogens is 621 g/mol. The fourth-order valence-corrected chi connectivity index (χ4v) is 9.78. The molecule has 0 aromatic heterocycles. The molecule has 244 valence electrons. The molecule has 0 amide bonds. The van der Waals surface area contributed by atoms with Gasteiger partial charge in [-0.2, -0.15) is 0 Å². The van der Waals surface area contributed by atoms with Gasteiger partial charge in [-0.3, -0.25) is 9.59 Å². The van der Waals surface area contributed by atoms with E-state index in [2.05, 4.69) is 149 Å². The summed E-state index contributed by atoms with van der Waals surface area (Å²) in [6.45, 7) is 8.59. The Bertz CT molecular complexity index is 2440. The van der Waals surface area contributed by atoms with Crippen LogP contribution < -0.4 is 0 Å². The predicted octanol–water partition coefficient (Wildman–Crippen LogP) is 11.1. The van der Waals surface area contributed by atoms with Crippen LogP contribution in [0.2, 0.25) is 0 Å². The van der Waals surface area contributed by atoms with Crippen molar-refractivity contribution < 1.29 is 9.59 Å². The number of benzene rings is 6. The predicted molar refractivity (Wildman–Crippen MR) is 206 cm³/mol. The number of ketones is 2. The minimum Gasteiger partial charge on any atom is -0.289 e. The number of fused-ring (bicyclic) bond motifs is 12. The number of allylic oxidation sites excluding steroid dienone is 2. The zero-order chi connectivity index (χ0) is 34.9. The van der Waals surface area contributed by atoms with E-state index < -0.39 is 16.2 Å². The van der Waals surface area contributed by atoms with Gasteiger partial charge < -0.3 is 0 Å². The molecule has 10 rings (SSSR count). The van der Waals surface area contributed by atoms with Crippen LogP contribution in [-0.4, -0.2) is 11.6 Å². The number of hydrogen-bond acceptors (Lipinski definition) is 2. The highest BCUT2D eigenvalue weighted by atomic mass is 16.1. The highest BCUT2D eigenvalue weighted by Crippen LogP contribution is 2.63. The van der Waals surface area contributed by atoms with Gasteiger partial charge >= 0.3 is 0 Å². The molecule has 0 unspecified atom stereocenters. The summed E-state index contributed by atoms with van der Waals surface area (Å²) in [6.07, 6.45) is 4.15. The molecule has 0 saturated heterocycles. The first-order valence-electron chi connectivity index (χ1n) is 17.8. The van der Waals surface area contributed by atoms with E-state index in [1.165, 1.54) is 22.3 Å². The Morgan fingerprint density at radius 1 is 0.392 bits per heavy atom. The Hall–Kier alpha value is -5.86. The third-order valence-electron chi connectivity index (χ3n) is 12.3. The lowest BCUT2D eigenvalue weighted by atomic mass is 9.69. The van der Waals surface area contributed by atoms with Crippen molar-refractivity contribution in [2.45, 2.75) is 43.9 Å².